The molecule has 100 valence electrons. The van der Waals surface area contributed by atoms with E-state index in [-0.39, 0.29) is 5.82 Å². The molecule has 0 amide bonds. The number of hydrogen-bond donors (Lipinski definition) is 1. The number of rotatable bonds is 4. The van der Waals surface area contributed by atoms with Gasteiger partial charge in [0.1, 0.15) is 10.8 Å². The molecule has 1 N–H and O–H groups in total. The van der Waals surface area contributed by atoms with Gasteiger partial charge >= 0.3 is 0 Å². The second-order valence-corrected chi connectivity index (χ2v) is 5.30. The molecular formula is C16H13FN2S. The van der Waals surface area contributed by atoms with Crippen molar-refractivity contribution < 1.29 is 4.39 Å². The van der Waals surface area contributed by atoms with Crippen LogP contribution in [0.15, 0.2) is 60.0 Å². The van der Waals surface area contributed by atoms with E-state index >= 15 is 0 Å². The summed E-state index contributed by atoms with van der Waals surface area (Å²) in [5.74, 6) is -0.237. The van der Waals surface area contributed by atoms with Crippen molar-refractivity contribution in [1.82, 2.24) is 4.98 Å². The summed E-state index contributed by atoms with van der Waals surface area (Å²) < 4.78 is 13.1. The summed E-state index contributed by atoms with van der Waals surface area (Å²) in [5, 5.41) is 6.19. The zero-order valence-electron chi connectivity index (χ0n) is 10.7. The molecular weight excluding hydrogens is 271 g/mol. The summed E-state index contributed by atoms with van der Waals surface area (Å²) in [6.07, 6.45) is 0. The molecule has 0 unspecified atom stereocenters. The number of halogens is 1. The second-order valence-electron chi connectivity index (χ2n) is 4.36. The van der Waals surface area contributed by atoms with Crippen molar-refractivity contribution in [1.29, 1.82) is 0 Å². The number of aromatic nitrogens is 1. The fraction of sp³-hybridized carbons (Fsp3) is 0.0625. The van der Waals surface area contributed by atoms with Crippen LogP contribution in [-0.4, -0.2) is 4.98 Å². The Morgan fingerprint density at radius 1 is 1.05 bits per heavy atom. The normalized spacial score (nSPS) is 10.4. The third-order valence-electron chi connectivity index (χ3n) is 2.89. The largest absolute Gasteiger partial charge is 0.378 e. The van der Waals surface area contributed by atoms with Crippen LogP contribution in [0.1, 0.15) is 5.01 Å². The van der Waals surface area contributed by atoms with Crippen molar-refractivity contribution in [2.45, 2.75) is 6.54 Å². The summed E-state index contributed by atoms with van der Waals surface area (Å²) in [7, 11) is 0. The maximum atomic E-state index is 13.1. The zero-order chi connectivity index (χ0) is 13.8. The van der Waals surface area contributed by atoms with Gasteiger partial charge in [0.2, 0.25) is 0 Å². The molecule has 0 fully saturated rings. The first kappa shape index (κ1) is 12.8. The van der Waals surface area contributed by atoms with E-state index in [1.165, 1.54) is 12.1 Å². The Bertz CT molecular complexity index is 694. The SMILES string of the molecule is Fc1cccc(NCc2nc(-c3ccccc3)cs2)c1. The van der Waals surface area contributed by atoms with Gasteiger partial charge < -0.3 is 5.32 Å². The van der Waals surface area contributed by atoms with Crippen molar-refractivity contribution in [3.05, 3.63) is 70.8 Å². The Hall–Kier alpha value is -2.20. The van der Waals surface area contributed by atoms with Gasteiger partial charge in [-0.1, -0.05) is 36.4 Å². The Kier molecular flexibility index (Phi) is 3.74. The van der Waals surface area contributed by atoms with E-state index in [0.29, 0.717) is 6.54 Å². The smallest absolute Gasteiger partial charge is 0.125 e. The van der Waals surface area contributed by atoms with E-state index in [4.69, 9.17) is 0 Å². The van der Waals surface area contributed by atoms with Crippen molar-refractivity contribution in [2.75, 3.05) is 5.32 Å². The van der Waals surface area contributed by atoms with Crippen LogP contribution in [0.2, 0.25) is 0 Å². The highest BCUT2D eigenvalue weighted by Crippen LogP contribution is 2.22. The summed E-state index contributed by atoms with van der Waals surface area (Å²) in [5.41, 5.74) is 2.86. The molecule has 2 aromatic carbocycles. The number of thiazole rings is 1. The van der Waals surface area contributed by atoms with Gasteiger partial charge in [0.25, 0.3) is 0 Å². The molecule has 0 aliphatic carbocycles. The lowest BCUT2D eigenvalue weighted by atomic mass is 10.2. The van der Waals surface area contributed by atoms with Crippen LogP contribution in [0.5, 0.6) is 0 Å². The molecule has 3 aromatic rings. The fourth-order valence-corrected chi connectivity index (χ4v) is 2.65. The lowest BCUT2D eigenvalue weighted by Crippen LogP contribution is -1.99. The molecule has 0 atom stereocenters. The standard InChI is InChI=1S/C16H13FN2S/c17-13-7-4-8-14(9-13)18-10-16-19-15(11-20-16)12-5-2-1-3-6-12/h1-9,11,18H,10H2. The minimum Gasteiger partial charge on any atom is -0.378 e. The van der Waals surface area contributed by atoms with Crippen molar-refractivity contribution >= 4 is 17.0 Å². The van der Waals surface area contributed by atoms with E-state index in [1.807, 2.05) is 41.8 Å². The van der Waals surface area contributed by atoms with Crippen molar-refractivity contribution in [2.24, 2.45) is 0 Å². The number of nitrogens with one attached hydrogen (secondary N) is 1. The van der Waals surface area contributed by atoms with Gasteiger partial charge in [0.15, 0.2) is 0 Å². The Labute approximate surface area is 120 Å². The third kappa shape index (κ3) is 3.03. The quantitative estimate of drug-likeness (QED) is 0.759. The minimum atomic E-state index is -0.237. The first-order valence-corrected chi connectivity index (χ1v) is 7.18. The highest BCUT2D eigenvalue weighted by atomic mass is 32.1. The minimum absolute atomic E-state index is 0.237. The Morgan fingerprint density at radius 3 is 2.70 bits per heavy atom. The fourth-order valence-electron chi connectivity index (χ4n) is 1.91. The highest BCUT2D eigenvalue weighted by molar-refractivity contribution is 7.09. The monoisotopic (exact) mass is 284 g/mol. The van der Waals surface area contributed by atoms with Gasteiger partial charge in [-0.25, -0.2) is 9.37 Å². The summed E-state index contributed by atoms with van der Waals surface area (Å²) in [6, 6.07) is 16.5. The number of nitrogens with zero attached hydrogens (tertiary/aromatic N) is 1. The van der Waals surface area contributed by atoms with E-state index < -0.39 is 0 Å². The molecule has 3 rings (SSSR count). The van der Waals surface area contributed by atoms with Crippen LogP contribution in [0, 0.1) is 5.82 Å². The summed E-state index contributed by atoms with van der Waals surface area (Å²) in [6.45, 7) is 0.598. The Morgan fingerprint density at radius 2 is 1.90 bits per heavy atom. The first-order valence-electron chi connectivity index (χ1n) is 6.30. The molecule has 0 saturated heterocycles. The van der Waals surface area contributed by atoms with Crippen LogP contribution in [0.4, 0.5) is 10.1 Å². The van der Waals surface area contributed by atoms with Crippen LogP contribution in [0.3, 0.4) is 0 Å². The first-order chi connectivity index (χ1) is 9.81. The van der Waals surface area contributed by atoms with Crippen LogP contribution >= 0.6 is 11.3 Å². The molecule has 0 saturated carbocycles. The molecule has 0 aliphatic heterocycles. The van der Waals surface area contributed by atoms with Gasteiger partial charge in [-0.05, 0) is 18.2 Å². The summed E-state index contributed by atoms with van der Waals surface area (Å²) >= 11 is 1.60. The third-order valence-corrected chi connectivity index (χ3v) is 3.74. The molecule has 20 heavy (non-hydrogen) atoms. The van der Waals surface area contributed by atoms with Crippen molar-refractivity contribution in [3.8, 4) is 11.3 Å². The maximum absolute atomic E-state index is 13.1. The average Bonchev–Trinajstić information content (AvgIpc) is 2.95. The molecule has 4 heteroatoms. The second kappa shape index (κ2) is 5.84. The molecule has 0 aliphatic rings. The van der Waals surface area contributed by atoms with Gasteiger partial charge in [0.05, 0.1) is 12.2 Å². The average molecular weight is 284 g/mol. The highest BCUT2D eigenvalue weighted by Gasteiger charge is 2.04. The van der Waals surface area contributed by atoms with Gasteiger partial charge in [-0.15, -0.1) is 11.3 Å². The predicted molar refractivity (Wildman–Crippen MR) is 81.3 cm³/mol. The molecule has 0 radical (unpaired) electrons. The zero-order valence-corrected chi connectivity index (χ0v) is 11.5. The topological polar surface area (TPSA) is 24.9 Å². The van der Waals surface area contributed by atoms with Crippen molar-refractivity contribution in [3.63, 3.8) is 0 Å². The molecule has 0 bridgehead atoms. The molecule has 1 aromatic heterocycles. The van der Waals surface area contributed by atoms with Gasteiger partial charge in [-0.2, -0.15) is 0 Å². The predicted octanol–water partition coefficient (Wildman–Crippen LogP) is 4.56. The van der Waals surface area contributed by atoms with E-state index in [1.54, 1.807) is 17.4 Å². The summed E-state index contributed by atoms with van der Waals surface area (Å²) in [4.78, 5) is 4.58. The van der Waals surface area contributed by atoms with Crippen LogP contribution < -0.4 is 5.32 Å². The molecule has 0 spiro atoms. The lowest BCUT2D eigenvalue weighted by molar-refractivity contribution is 0.628. The number of hydrogen-bond acceptors (Lipinski definition) is 3. The maximum Gasteiger partial charge on any atom is 0.125 e. The lowest BCUT2D eigenvalue weighted by Gasteiger charge is -2.03. The Balaban J connectivity index is 1.69. The van der Waals surface area contributed by atoms with E-state index in [2.05, 4.69) is 10.3 Å². The number of anilines is 1. The van der Waals surface area contributed by atoms with E-state index in [0.717, 1.165) is 22.0 Å². The molecule has 1 heterocycles. The molecule has 2 nitrogen and oxygen atoms in total. The van der Waals surface area contributed by atoms with Crippen LogP contribution in [0.25, 0.3) is 11.3 Å². The van der Waals surface area contributed by atoms with Gasteiger partial charge in [-0.3, -0.25) is 0 Å². The van der Waals surface area contributed by atoms with Gasteiger partial charge in [0, 0.05) is 16.6 Å². The van der Waals surface area contributed by atoms with E-state index in [9.17, 15) is 4.39 Å². The van der Waals surface area contributed by atoms with Crippen LogP contribution in [-0.2, 0) is 6.54 Å². The number of benzene rings is 2.